The summed E-state index contributed by atoms with van der Waals surface area (Å²) in [6.07, 6.45) is 0.239. The number of primary amides is 1. The molecule has 0 aliphatic heterocycles. The summed E-state index contributed by atoms with van der Waals surface area (Å²) in [6, 6.07) is 9.57. The van der Waals surface area contributed by atoms with Gasteiger partial charge in [-0.2, -0.15) is 0 Å². The van der Waals surface area contributed by atoms with E-state index >= 15 is 0 Å². The van der Waals surface area contributed by atoms with Crippen LogP contribution in [0.4, 0.5) is 4.79 Å². The van der Waals surface area contributed by atoms with Gasteiger partial charge in [0.05, 0.1) is 6.54 Å². The third-order valence-electron chi connectivity index (χ3n) is 3.51. The number of nitrogens with zero attached hydrogens (tertiary/aromatic N) is 2. The lowest BCUT2D eigenvalue weighted by molar-refractivity contribution is -0.130. The Morgan fingerprint density at radius 1 is 1.33 bits per heavy atom. The zero-order valence-electron chi connectivity index (χ0n) is 12.3. The van der Waals surface area contributed by atoms with Crippen molar-refractivity contribution >= 4 is 22.8 Å². The van der Waals surface area contributed by atoms with E-state index in [1.54, 1.807) is 11.9 Å². The summed E-state index contributed by atoms with van der Waals surface area (Å²) >= 11 is 0. The minimum absolute atomic E-state index is 0.0333. The molecule has 0 saturated heterocycles. The molecule has 2 rings (SSSR count). The van der Waals surface area contributed by atoms with Crippen LogP contribution in [0.5, 0.6) is 0 Å². The van der Waals surface area contributed by atoms with Crippen molar-refractivity contribution in [2.75, 3.05) is 13.6 Å². The number of hydrogen-bond donors (Lipinski definition) is 2. The van der Waals surface area contributed by atoms with E-state index in [0.29, 0.717) is 6.54 Å². The largest absolute Gasteiger partial charge is 0.352 e. The van der Waals surface area contributed by atoms with Crippen LogP contribution in [0.2, 0.25) is 0 Å². The molecule has 3 N–H and O–H groups in total. The summed E-state index contributed by atoms with van der Waals surface area (Å²) in [4.78, 5) is 24.2. The van der Waals surface area contributed by atoms with Gasteiger partial charge < -0.3 is 20.5 Å². The standard InChI is InChI=1S/C15H20N4O2/c1-18(14(20)7-8-17-15(16)21)10-12-9-11-5-3-4-6-13(11)19(12)2/h3-6,9H,7-8,10H2,1-2H3,(H3,16,17,21). The lowest BCUT2D eigenvalue weighted by Gasteiger charge is -2.17. The molecule has 0 bridgehead atoms. The number of aryl methyl sites for hydroxylation is 1. The number of carbonyl (C=O) groups is 2. The average Bonchev–Trinajstić information content (AvgIpc) is 2.75. The van der Waals surface area contributed by atoms with Gasteiger partial charge in [0, 0.05) is 38.3 Å². The first kappa shape index (κ1) is 14.9. The molecule has 0 radical (unpaired) electrons. The van der Waals surface area contributed by atoms with Crippen molar-refractivity contribution in [3.05, 3.63) is 36.0 Å². The molecule has 1 heterocycles. The molecule has 0 fully saturated rings. The van der Waals surface area contributed by atoms with Gasteiger partial charge in [-0.15, -0.1) is 0 Å². The molecule has 0 unspecified atom stereocenters. The smallest absolute Gasteiger partial charge is 0.312 e. The third-order valence-corrected chi connectivity index (χ3v) is 3.51. The quantitative estimate of drug-likeness (QED) is 0.866. The molecule has 0 atom stereocenters. The number of rotatable bonds is 5. The fraction of sp³-hybridized carbons (Fsp3) is 0.333. The second kappa shape index (κ2) is 6.30. The van der Waals surface area contributed by atoms with E-state index < -0.39 is 6.03 Å². The Bertz CT molecular complexity index is 663. The number of benzene rings is 1. The van der Waals surface area contributed by atoms with Gasteiger partial charge in [0.1, 0.15) is 0 Å². The van der Waals surface area contributed by atoms with Gasteiger partial charge in [-0.3, -0.25) is 4.79 Å². The number of urea groups is 1. The highest BCUT2D eigenvalue weighted by atomic mass is 16.2. The molecule has 6 nitrogen and oxygen atoms in total. The zero-order valence-corrected chi connectivity index (χ0v) is 12.3. The summed E-state index contributed by atoms with van der Waals surface area (Å²) in [5, 5.41) is 3.57. The van der Waals surface area contributed by atoms with Crippen LogP contribution in [-0.4, -0.2) is 35.0 Å². The Kier molecular flexibility index (Phi) is 4.47. The lowest BCUT2D eigenvalue weighted by atomic mass is 10.2. The first-order valence-electron chi connectivity index (χ1n) is 6.79. The van der Waals surface area contributed by atoms with E-state index in [2.05, 4.69) is 28.1 Å². The molecular formula is C15H20N4O2. The normalized spacial score (nSPS) is 10.6. The summed E-state index contributed by atoms with van der Waals surface area (Å²) < 4.78 is 2.08. The molecule has 2 aromatic rings. The van der Waals surface area contributed by atoms with Crippen LogP contribution in [0, 0.1) is 0 Å². The molecule has 0 saturated carbocycles. The topological polar surface area (TPSA) is 80.4 Å². The second-order valence-electron chi connectivity index (χ2n) is 5.04. The minimum Gasteiger partial charge on any atom is -0.352 e. The predicted octanol–water partition coefficient (Wildman–Crippen LogP) is 1.20. The van der Waals surface area contributed by atoms with E-state index in [1.807, 2.05) is 19.2 Å². The number of fused-ring (bicyclic) bond motifs is 1. The molecule has 0 aliphatic rings. The molecule has 0 spiro atoms. The molecule has 21 heavy (non-hydrogen) atoms. The van der Waals surface area contributed by atoms with Gasteiger partial charge >= 0.3 is 6.03 Å². The summed E-state index contributed by atoms with van der Waals surface area (Å²) in [5.41, 5.74) is 7.17. The molecule has 1 aromatic heterocycles. The van der Waals surface area contributed by atoms with Crippen LogP contribution in [0.15, 0.2) is 30.3 Å². The SMILES string of the molecule is CN(Cc1cc2ccccc2n1C)C(=O)CCNC(N)=O. The van der Waals surface area contributed by atoms with Gasteiger partial charge in [-0.25, -0.2) is 4.79 Å². The number of hydrogen-bond acceptors (Lipinski definition) is 2. The highest BCUT2D eigenvalue weighted by Gasteiger charge is 2.12. The van der Waals surface area contributed by atoms with Gasteiger partial charge in [0.25, 0.3) is 0 Å². The molecule has 0 aliphatic carbocycles. The fourth-order valence-corrected chi connectivity index (χ4v) is 2.31. The number of para-hydroxylation sites is 1. The van der Waals surface area contributed by atoms with Crippen molar-refractivity contribution in [2.45, 2.75) is 13.0 Å². The van der Waals surface area contributed by atoms with Crippen LogP contribution in [0.25, 0.3) is 10.9 Å². The highest BCUT2D eigenvalue weighted by Crippen LogP contribution is 2.19. The van der Waals surface area contributed by atoms with Crippen molar-refractivity contribution in [1.29, 1.82) is 0 Å². The molecule has 1 aromatic carbocycles. The Morgan fingerprint density at radius 3 is 2.71 bits per heavy atom. The Balaban J connectivity index is 2.00. The van der Waals surface area contributed by atoms with Crippen molar-refractivity contribution in [3.8, 4) is 0 Å². The average molecular weight is 288 g/mol. The fourth-order valence-electron chi connectivity index (χ4n) is 2.31. The van der Waals surface area contributed by atoms with Crippen LogP contribution < -0.4 is 11.1 Å². The first-order valence-corrected chi connectivity index (χ1v) is 6.79. The van der Waals surface area contributed by atoms with Crippen molar-refractivity contribution < 1.29 is 9.59 Å². The van der Waals surface area contributed by atoms with Gasteiger partial charge in [-0.1, -0.05) is 18.2 Å². The number of carbonyl (C=O) groups excluding carboxylic acids is 2. The van der Waals surface area contributed by atoms with Crippen LogP contribution in [0.1, 0.15) is 12.1 Å². The Labute approximate surface area is 123 Å². The first-order chi connectivity index (χ1) is 9.99. The zero-order chi connectivity index (χ0) is 15.4. The lowest BCUT2D eigenvalue weighted by Crippen LogP contribution is -2.34. The van der Waals surface area contributed by atoms with E-state index in [9.17, 15) is 9.59 Å². The van der Waals surface area contributed by atoms with Gasteiger partial charge in [0.15, 0.2) is 0 Å². The number of aromatic nitrogens is 1. The van der Waals surface area contributed by atoms with Crippen LogP contribution in [-0.2, 0) is 18.4 Å². The predicted molar refractivity (Wildman–Crippen MR) is 81.6 cm³/mol. The van der Waals surface area contributed by atoms with Crippen LogP contribution >= 0.6 is 0 Å². The molecule has 112 valence electrons. The van der Waals surface area contributed by atoms with Crippen molar-refractivity contribution in [2.24, 2.45) is 12.8 Å². The summed E-state index contributed by atoms with van der Waals surface area (Å²) in [5.74, 6) is -0.0333. The maximum absolute atomic E-state index is 12.0. The number of amides is 3. The van der Waals surface area contributed by atoms with Gasteiger partial charge in [0.2, 0.25) is 5.91 Å². The van der Waals surface area contributed by atoms with E-state index in [4.69, 9.17) is 5.73 Å². The van der Waals surface area contributed by atoms with Crippen LogP contribution in [0.3, 0.4) is 0 Å². The maximum atomic E-state index is 12.0. The molecular weight excluding hydrogens is 268 g/mol. The molecule has 3 amide bonds. The Hall–Kier alpha value is -2.50. The van der Waals surface area contributed by atoms with E-state index in [1.165, 1.54) is 0 Å². The summed E-state index contributed by atoms with van der Waals surface area (Å²) in [7, 11) is 3.74. The number of nitrogens with one attached hydrogen (secondary N) is 1. The van der Waals surface area contributed by atoms with Crippen molar-refractivity contribution in [1.82, 2.24) is 14.8 Å². The van der Waals surface area contributed by atoms with Crippen molar-refractivity contribution in [3.63, 3.8) is 0 Å². The van der Waals surface area contributed by atoms with E-state index in [-0.39, 0.29) is 18.9 Å². The molecule has 6 heteroatoms. The third kappa shape index (κ3) is 3.53. The minimum atomic E-state index is -0.612. The highest BCUT2D eigenvalue weighted by molar-refractivity contribution is 5.81. The maximum Gasteiger partial charge on any atom is 0.312 e. The van der Waals surface area contributed by atoms with E-state index in [0.717, 1.165) is 16.6 Å². The second-order valence-corrected chi connectivity index (χ2v) is 5.04. The summed E-state index contributed by atoms with van der Waals surface area (Å²) in [6.45, 7) is 0.786. The number of nitrogens with two attached hydrogens (primary N) is 1. The monoisotopic (exact) mass is 288 g/mol. The Morgan fingerprint density at radius 2 is 2.05 bits per heavy atom. The van der Waals surface area contributed by atoms with Gasteiger partial charge in [-0.05, 0) is 17.5 Å².